The molecular weight excluding hydrogens is 440 g/mol. The van der Waals surface area contributed by atoms with E-state index in [0.29, 0.717) is 25.4 Å². The largest absolute Gasteiger partial charge is 0.494 e. The molecule has 190 valence electrons. The van der Waals surface area contributed by atoms with Crippen LogP contribution in [0.4, 0.5) is 0 Å². The second-order valence-electron chi connectivity index (χ2n) is 11.2. The lowest BCUT2D eigenvalue weighted by Crippen LogP contribution is -2.64. The van der Waals surface area contributed by atoms with Crippen LogP contribution in [-0.2, 0) is 23.3 Å². The molecule has 1 aliphatic heterocycles. The molecule has 1 aliphatic carbocycles. The number of nitrogens with one attached hydrogen (secondary N) is 1. The van der Waals surface area contributed by atoms with Crippen LogP contribution < -0.4 is 10.1 Å². The molecule has 1 saturated carbocycles. The van der Waals surface area contributed by atoms with Crippen molar-refractivity contribution < 1.29 is 14.3 Å². The number of carbonyl (C=O) groups is 2. The van der Waals surface area contributed by atoms with Crippen LogP contribution in [0.5, 0.6) is 5.75 Å². The van der Waals surface area contributed by atoms with Crippen molar-refractivity contribution >= 4 is 11.8 Å². The van der Waals surface area contributed by atoms with Gasteiger partial charge in [-0.25, -0.2) is 0 Å². The number of amides is 2. The first kappa shape index (κ1) is 25.3. The van der Waals surface area contributed by atoms with Gasteiger partial charge in [-0.3, -0.25) is 14.3 Å². The van der Waals surface area contributed by atoms with Crippen molar-refractivity contribution in [1.29, 1.82) is 0 Å². The van der Waals surface area contributed by atoms with Crippen molar-refractivity contribution in [3.05, 3.63) is 47.3 Å². The molecule has 7 nitrogen and oxygen atoms in total. The van der Waals surface area contributed by atoms with Gasteiger partial charge in [-0.05, 0) is 50.5 Å². The fourth-order valence-electron chi connectivity index (χ4n) is 5.06. The number of carbonyl (C=O) groups excluding carboxylic acids is 2. The minimum absolute atomic E-state index is 0.0952. The molecule has 1 aromatic carbocycles. The van der Waals surface area contributed by atoms with Crippen LogP contribution in [0.2, 0.25) is 0 Å². The summed E-state index contributed by atoms with van der Waals surface area (Å²) in [5, 5.41) is 8.06. The quantitative estimate of drug-likeness (QED) is 0.601. The number of benzene rings is 1. The standard InChI is InChI=1S/C28H40N4O3/c1-6-35-22-15-13-20(14-16-22)18-31-25(33)23-17-24(27(2,3)4)30-32(23)19-28(31,5)26(34)29-21-11-9-7-8-10-12-21/h13-17,21H,6-12,18-19H2,1-5H3,(H,29,34)/t28-/m1/s1. The summed E-state index contributed by atoms with van der Waals surface area (Å²) in [5.74, 6) is 0.539. The Morgan fingerprint density at radius 3 is 2.40 bits per heavy atom. The molecule has 1 aromatic heterocycles. The van der Waals surface area contributed by atoms with E-state index in [1.165, 1.54) is 12.8 Å². The molecule has 0 bridgehead atoms. The van der Waals surface area contributed by atoms with Crippen LogP contribution in [0.1, 0.15) is 94.9 Å². The lowest BCUT2D eigenvalue weighted by atomic mass is 9.91. The van der Waals surface area contributed by atoms with E-state index in [-0.39, 0.29) is 23.3 Å². The lowest BCUT2D eigenvalue weighted by Gasteiger charge is -2.44. The number of fused-ring (bicyclic) bond motifs is 1. The lowest BCUT2D eigenvalue weighted by molar-refractivity contribution is -0.134. The molecule has 0 saturated heterocycles. The molecule has 1 atom stereocenters. The van der Waals surface area contributed by atoms with E-state index < -0.39 is 5.54 Å². The molecule has 0 spiro atoms. The van der Waals surface area contributed by atoms with Crippen molar-refractivity contribution in [3.63, 3.8) is 0 Å². The molecule has 2 heterocycles. The maximum Gasteiger partial charge on any atom is 0.273 e. The Balaban J connectivity index is 1.66. The van der Waals surface area contributed by atoms with Crippen LogP contribution in [0.15, 0.2) is 30.3 Å². The van der Waals surface area contributed by atoms with Crippen molar-refractivity contribution in [2.75, 3.05) is 6.61 Å². The third-order valence-electron chi connectivity index (χ3n) is 7.32. The topological polar surface area (TPSA) is 76.5 Å². The van der Waals surface area contributed by atoms with Crippen LogP contribution >= 0.6 is 0 Å². The first-order valence-corrected chi connectivity index (χ1v) is 13.0. The molecule has 0 unspecified atom stereocenters. The van der Waals surface area contributed by atoms with Crippen molar-refractivity contribution in [2.24, 2.45) is 0 Å². The van der Waals surface area contributed by atoms with E-state index in [0.717, 1.165) is 42.7 Å². The third kappa shape index (κ3) is 5.39. The highest BCUT2D eigenvalue weighted by molar-refractivity contribution is 5.99. The van der Waals surface area contributed by atoms with E-state index in [2.05, 4.69) is 26.1 Å². The molecule has 2 amide bonds. The fourth-order valence-corrected chi connectivity index (χ4v) is 5.06. The Morgan fingerprint density at radius 1 is 1.14 bits per heavy atom. The normalized spacial score (nSPS) is 21.4. The van der Waals surface area contributed by atoms with Gasteiger partial charge in [-0.15, -0.1) is 0 Å². The Morgan fingerprint density at radius 2 is 1.80 bits per heavy atom. The minimum atomic E-state index is -1.05. The predicted molar refractivity (Wildman–Crippen MR) is 136 cm³/mol. The first-order valence-electron chi connectivity index (χ1n) is 13.0. The smallest absolute Gasteiger partial charge is 0.273 e. The SMILES string of the molecule is CCOc1ccc(CN2C(=O)c3cc(C(C)(C)C)nn3C[C@]2(C)C(=O)NC2CCCCCC2)cc1. The number of hydrogen-bond donors (Lipinski definition) is 1. The molecule has 4 rings (SSSR count). The van der Waals surface area contributed by atoms with Gasteiger partial charge in [0.05, 0.1) is 18.8 Å². The summed E-state index contributed by atoms with van der Waals surface area (Å²) in [7, 11) is 0. The molecule has 0 radical (unpaired) electrons. The summed E-state index contributed by atoms with van der Waals surface area (Å²) >= 11 is 0. The Kier molecular flexibility index (Phi) is 7.25. The van der Waals surface area contributed by atoms with Gasteiger partial charge in [0.1, 0.15) is 17.0 Å². The van der Waals surface area contributed by atoms with E-state index in [4.69, 9.17) is 9.84 Å². The second-order valence-corrected chi connectivity index (χ2v) is 11.2. The maximum absolute atomic E-state index is 13.9. The summed E-state index contributed by atoms with van der Waals surface area (Å²) in [4.78, 5) is 29.4. The average molecular weight is 481 g/mol. The summed E-state index contributed by atoms with van der Waals surface area (Å²) in [6.07, 6.45) is 6.70. The van der Waals surface area contributed by atoms with E-state index in [1.807, 2.05) is 44.2 Å². The van der Waals surface area contributed by atoms with Crippen LogP contribution in [0.3, 0.4) is 0 Å². The van der Waals surface area contributed by atoms with E-state index >= 15 is 0 Å². The second kappa shape index (κ2) is 10.0. The van der Waals surface area contributed by atoms with Crippen molar-refractivity contribution in [2.45, 2.75) is 103 Å². The van der Waals surface area contributed by atoms with Gasteiger partial charge in [0.25, 0.3) is 5.91 Å². The predicted octanol–water partition coefficient (Wildman–Crippen LogP) is 4.83. The average Bonchev–Trinajstić information content (AvgIpc) is 3.08. The third-order valence-corrected chi connectivity index (χ3v) is 7.32. The minimum Gasteiger partial charge on any atom is -0.494 e. The zero-order valence-corrected chi connectivity index (χ0v) is 21.9. The Labute approximate surface area is 209 Å². The summed E-state index contributed by atoms with van der Waals surface area (Å²) in [6.45, 7) is 11.4. The summed E-state index contributed by atoms with van der Waals surface area (Å²) in [6, 6.07) is 9.81. The zero-order valence-electron chi connectivity index (χ0n) is 21.9. The summed E-state index contributed by atoms with van der Waals surface area (Å²) in [5.41, 5.74) is 1.12. The highest BCUT2D eigenvalue weighted by atomic mass is 16.5. The number of ether oxygens (including phenoxy) is 1. The van der Waals surface area contributed by atoms with Crippen LogP contribution in [0.25, 0.3) is 0 Å². The van der Waals surface area contributed by atoms with Gasteiger partial charge >= 0.3 is 0 Å². The molecule has 2 aromatic rings. The maximum atomic E-state index is 13.9. The summed E-state index contributed by atoms with van der Waals surface area (Å²) < 4.78 is 7.31. The first-order chi connectivity index (χ1) is 16.6. The van der Waals surface area contributed by atoms with E-state index in [1.54, 1.807) is 9.58 Å². The molecule has 1 fully saturated rings. The molecular formula is C28H40N4O3. The molecule has 1 N–H and O–H groups in total. The van der Waals surface area contributed by atoms with Crippen LogP contribution in [-0.4, -0.2) is 44.7 Å². The molecule has 35 heavy (non-hydrogen) atoms. The number of aromatic nitrogens is 2. The van der Waals surface area contributed by atoms with Crippen molar-refractivity contribution in [3.8, 4) is 5.75 Å². The van der Waals surface area contributed by atoms with Gasteiger partial charge < -0.3 is 15.0 Å². The van der Waals surface area contributed by atoms with Crippen molar-refractivity contribution in [1.82, 2.24) is 20.0 Å². The van der Waals surface area contributed by atoms with Gasteiger partial charge in [-0.2, -0.15) is 5.10 Å². The van der Waals surface area contributed by atoms with E-state index in [9.17, 15) is 9.59 Å². The monoisotopic (exact) mass is 480 g/mol. The van der Waals surface area contributed by atoms with Gasteiger partial charge in [-0.1, -0.05) is 58.6 Å². The fraction of sp³-hybridized carbons (Fsp3) is 0.607. The highest BCUT2D eigenvalue weighted by Crippen LogP contribution is 2.32. The molecule has 2 aliphatic rings. The van der Waals surface area contributed by atoms with Gasteiger partial charge in [0, 0.05) is 18.0 Å². The highest BCUT2D eigenvalue weighted by Gasteiger charge is 2.48. The number of hydrogen-bond acceptors (Lipinski definition) is 4. The zero-order chi connectivity index (χ0) is 25.2. The Bertz CT molecular complexity index is 1050. The van der Waals surface area contributed by atoms with Crippen LogP contribution in [0, 0.1) is 0 Å². The molecule has 7 heteroatoms. The van der Waals surface area contributed by atoms with Gasteiger partial charge in [0.2, 0.25) is 5.91 Å². The number of rotatable bonds is 6. The Hall–Kier alpha value is -2.83. The van der Waals surface area contributed by atoms with Gasteiger partial charge in [0.15, 0.2) is 0 Å². The number of nitrogens with zero attached hydrogens (tertiary/aromatic N) is 3.